The lowest BCUT2D eigenvalue weighted by Gasteiger charge is -2.32. The number of nitrogens with zero attached hydrogens (tertiary/aromatic N) is 2. The van der Waals surface area contributed by atoms with E-state index in [4.69, 9.17) is 0 Å². The first-order valence-electron chi connectivity index (χ1n) is 8.77. The van der Waals surface area contributed by atoms with Gasteiger partial charge in [-0.1, -0.05) is 30.3 Å². The highest BCUT2D eigenvalue weighted by atomic mass is 16.4. The van der Waals surface area contributed by atoms with E-state index in [1.54, 1.807) is 16.7 Å². The Bertz CT molecular complexity index is 604. The van der Waals surface area contributed by atoms with Gasteiger partial charge in [-0.3, -0.25) is 19.3 Å². The van der Waals surface area contributed by atoms with Crippen LogP contribution in [-0.4, -0.2) is 64.4 Å². The number of benzene rings is 1. The van der Waals surface area contributed by atoms with E-state index in [1.165, 1.54) is 6.92 Å². The molecule has 1 unspecified atom stereocenters. The molecule has 0 saturated carbocycles. The summed E-state index contributed by atoms with van der Waals surface area (Å²) in [5, 5.41) is 11.9. The van der Waals surface area contributed by atoms with Crippen LogP contribution in [-0.2, 0) is 20.9 Å². The smallest absolute Gasteiger partial charge is 0.320 e. The molecule has 0 aliphatic heterocycles. The number of nitrogens with one attached hydrogen (secondary N) is 1. The van der Waals surface area contributed by atoms with Gasteiger partial charge in [0.25, 0.3) is 0 Å². The summed E-state index contributed by atoms with van der Waals surface area (Å²) < 4.78 is 0. The van der Waals surface area contributed by atoms with Crippen molar-refractivity contribution in [1.82, 2.24) is 15.1 Å². The lowest BCUT2D eigenvalue weighted by molar-refractivity contribution is -0.144. The van der Waals surface area contributed by atoms with Gasteiger partial charge in [-0.15, -0.1) is 0 Å². The van der Waals surface area contributed by atoms with E-state index < -0.39 is 12.0 Å². The number of carbonyl (C=O) groups excluding carboxylic acids is 2. The van der Waals surface area contributed by atoms with E-state index in [-0.39, 0.29) is 30.9 Å². The lowest BCUT2D eigenvalue weighted by atomic mass is 10.2. The van der Waals surface area contributed by atoms with Gasteiger partial charge in [-0.05, 0) is 26.3 Å². The average molecular weight is 363 g/mol. The highest BCUT2D eigenvalue weighted by molar-refractivity contribution is 5.80. The SMILES string of the molecule is CC(=O)NCCN(CC(=O)N(Cc1ccccc1)C(C)C)C(C)C(=O)O. The maximum Gasteiger partial charge on any atom is 0.320 e. The standard InChI is InChI=1S/C19H29N3O4/c1-14(2)22(12-17-8-6-5-7-9-17)18(24)13-21(15(3)19(25)26)11-10-20-16(4)23/h5-9,14-15H,10-13H2,1-4H3,(H,20,23)(H,25,26). The fraction of sp³-hybridized carbons (Fsp3) is 0.526. The minimum Gasteiger partial charge on any atom is -0.480 e. The van der Waals surface area contributed by atoms with Gasteiger partial charge in [0.1, 0.15) is 6.04 Å². The molecule has 1 aromatic carbocycles. The normalized spacial score (nSPS) is 12.1. The molecule has 26 heavy (non-hydrogen) atoms. The van der Waals surface area contributed by atoms with Crippen molar-refractivity contribution in [2.45, 2.75) is 46.3 Å². The number of rotatable bonds is 10. The van der Waals surface area contributed by atoms with Gasteiger partial charge < -0.3 is 15.3 Å². The molecule has 0 fully saturated rings. The summed E-state index contributed by atoms with van der Waals surface area (Å²) in [6, 6.07) is 8.84. The Morgan fingerprint density at radius 2 is 1.73 bits per heavy atom. The van der Waals surface area contributed by atoms with E-state index >= 15 is 0 Å². The lowest BCUT2D eigenvalue weighted by Crippen LogP contribution is -2.49. The molecule has 1 aromatic rings. The summed E-state index contributed by atoms with van der Waals surface area (Å²) in [5.74, 6) is -1.33. The second-order valence-corrected chi connectivity index (χ2v) is 6.57. The molecule has 0 aliphatic rings. The zero-order valence-electron chi connectivity index (χ0n) is 15.9. The van der Waals surface area contributed by atoms with Gasteiger partial charge in [0.2, 0.25) is 11.8 Å². The highest BCUT2D eigenvalue weighted by Gasteiger charge is 2.26. The Labute approximate surface area is 155 Å². The van der Waals surface area contributed by atoms with Gasteiger partial charge in [0.15, 0.2) is 0 Å². The molecule has 2 amide bonds. The Hall–Kier alpha value is -2.41. The zero-order valence-corrected chi connectivity index (χ0v) is 15.9. The van der Waals surface area contributed by atoms with Crippen LogP contribution in [0.5, 0.6) is 0 Å². The van der Waals surface area contributed by atoms with Gasteiger partial charge in [-0.2, -0.15) is 0 Å². The monoisotopic (exact) mass is 363 g/mol. The molecule has 0 bridgehead atoms. The Morgan fingerprint density at radius 1 is 1.12 bits per heavy atom. The van der Waals surface area contributed by atoms with Gasteiger partial charge in [-0.25, -0.2) is 0 Å². The van der Waals surface area contributed by atoms with Crippen LogP contribution < -0.4 is 5.32 Å². The van der Waals surface area contributed by atoms with Crippen molar-refractivity contribution in [2.75, 3.05) is 19.6 Å². The molecule has 1 rings (SSSR count). The van der Waals surface area contributed by atoms with Crippen molar-refractivity contribution >= 4 is 17.8 Å². The van der Waals surface area contributed by atoms with Crippen molar-refractivity contribution in [3.8, 4) is 0 Å². The molecule has 0 spiro atoms. The number of carboxylic acids is 1. The van der Waals surface area contributed by atoms with Crippen molar-refractivity contribution in [2.24, 2.45) is 0 Å². The third kappa shape index (κ3) is 7.23. The molecule has 0 aliphatic carbocycles. The molecule has 0 radical (unpaired) electrons. The van der Waals surface area contributed by atoms with Crippen molar-refractivity contribution in [3.05, 3.63) is 35.9 Å². The maximum absolute atomic E-state index is 12.8. The summed E-state index contributed by atoms with van der Waals surface area (Å²) in [4.78, 5) is 38.5. The first-order valence-corrected chi connectivity index (χ1v) is 8.77. The first-order chi connectivity index (χ1) is 12.2. The van der Waals surface area contributed by atoms with Gasteiger partial charge in [0.05, 0.1) is 6.54 Å². The number of hydrogen-bond acceptors (Lipinski definition) is 4. The van der Waals surface area contributed by atoms with Crippen molar-refractivity contribution < 1.29 is 19.5 Å². The Kier molecular flexibility index (Phi) is 8.78. The summed E-state index contributed by atoms with van der Waals surface area (Å²) in [5.41, 5.74) is 1.02. The molecule has 7 nitrogen and oxygen atoms in total. The molecule has 0 aromatic heterocycles. The highest BCUT2D eigenvalue weighted by Crippen LogP contribution is 2.10. The molecule has 0 heterocycles. The van der Waals surface area contributed by atoms with Crippen LogP contribution in [0.1, 0.15) is 33.3 Å². The number of aliphatic carboxylic acids is 1. The topological polar surface area (TPSA) is 90.0 Å². The van der Waals surface area contributed by atoms with Crippen molar-refractivity contribution in [1.29, 1.82) is 0 Å². The molecule has 0 saturated heterocycles. The quantitative estimate of drug-likeness (QED) is 0.655. The number of amides is 2. The van der Waals surface area contributed by atoms with Crippen LogP contribution in [0.15, 0.2) is 30.3 Å². The number of carboxylic acid groups (broad SMARTS) is 1. The predicted molar refractivity (Wildman–Crippen MR) is 99.5 cm³/mol. The van der Waals surface area contributed by atoms with E-state index in [2.05, 4.69) is 5.32 Å². The third-order valence-corrected chi connectivity index (χ3v) is 4.16. The minimum absolute atomic E-state index is 0.0139. The Balaban J connectivity index is 2.82. The van der Waals surface area contributed by atoms with Crippen LogP contribution in [0.25, 0.3) is 0 Å². The van der Waals surface area contributed by atoms with Gasteiger partial charge >= 0.3 is 5.97 Å². The van der Waals surface area contributed by atoms with E-state index in [9.17, 15) is 19.5 Å². The van der Waals surface area contributed by atoms with E-state index in [0.717, 1.165) is 5.56 Å². The molecule has 7 heteroatoms. The fourth-order valence-corrected chi connectivity index (χ4v) is 2.54. The second-order valence-electron chi connectivity index (χ2n) is 6.57. The van der Waals surface area contributed by atoms with Crippen LogP contribution in [0, 0.1) is 0 Å². The van der Waals surface area contributed by atoms with E-state index in [1.807, 2.05) is 44.2 Å². The molecule has 1 atom stereocenters. The van der Waals surface area contributed by atoms with Crippen LogP contribution in [0.3, 0.4) is 0 Å². The summed E-state index contributed by atoms with van der Waals surface area (Å²) in [6.07, 6.45) is 0. The first kappa shape index (κ1) is 21.6. The minimum atomic E-state index is -1.00. The molecule has 2 N–H and O–H groups in total. The van der Waals surface area contributed by atoms with Crippen LogP contribution in [0.4, 0.5) is 0 Å². The third-order valence-electron chi connectivity index (χ3n) is 4.16. The van der Waals surface area contributed by atoms with Gasteiger partial charge in [0, 0.05) is 32.6 Å². The van der Waals surface area contributed by atoms with E-state index in [0.29, 0.717) is 13.1 Å². The molecule has 144 valence electrons. The van der Waals surface area contributed by atoms with Crippen LogP contribution in [0.2, 0.25) is 0 Å². The number of carbonyl (C=O) groups is 3. The molecular weight excluding hydrogens is 334 g/mol. The number of hydrogen-bond donors (Lipinski definition) is 2. The summed E-state index contributed by atoms with van der Waals surface area (Å²) in [6.45, 7) is 7.84. The van der Waals surface area contributed by atoms with Crippen LogP contribution >= 0.6 is 0 Å². The molecular formula is C19H29N3O4. The maximum atomic E-state index is 12.8. The van der Waals surface area contributed by atoms with Crippen molar-refractivity contribution in [3.63, 3.8) is 0 Å². The average Bonchev–Trinajstić information content (AvgIpc) is 2.58. The summed E-state index contributed by atoms with van der Waals surface area (Å²) >= 11 is 0. The fourth-order valence-electron chi connectivity index (χ4n) is 2.54. The second kappa shape index (κ2) is 10.6. The zero-order chi connectivity index (χ0) is 19.7. The predicted octanol–water partition coefficient (Wildman–Crippen LogP) is 1.33. The summed E-state index contributed by atoms with van der Waals surface area (Å²) in [7, 11) is 0. The largest absolute Gasteiger partial charge is 0.480 e. The Morgan fingerprint density at radius 3 is 2.23 bits per heavy atom.